The molecule has 8 heteroatoms. The molecular weight excluding hydrogens is 260 g/mol. The van der Waals surface area contributed by atoms with Crippen LogP contribution in [0.1, 0.15) is 24.4 Å². The predicted molar refractivity (Wildman–Crippen MR) is 68.3 cm³/mol. The number of nitrogens with zero attached hydrogens (tertiary/aromatic N) is 1. The molecule has 0 amide bonds. The van der Waals surface area contributed by atoms with Gasteiger partial charge in [-0.2, -0.15) is 13.1 Å². The zero-order valence-electron chi connectivity index (χ0n) is 9.78. The number of anilines is 1. The second-order valence-electron chi connectivity index (χ2n) is 4.19. The van der Waals surface area contributed by atoms with Crippen molar-refractivity contribution in [1.82, 2.24) is 15.0 Å². The van der Waals surface area contributed by atoms with E-state index in [0.717, 1.165) is 30.1 Å². The SMILES string of the molecule is CC(C)NS(=O)(=O)Nc1nc2c(s1)CNCC2. The molecule has 0 saturated carbocycles. The average molecular weight is 276 g/mol. The van der Waals surface area contributed by atoms with Gasteiger partial charge in [-0.15, -0.1) is 0 Å². The minimum absolute atomic E-state index is 0.135. The number of thiazole rings is 1. The van der Waals surface area contributed by atoms with E-state index >= 15 is 0 Å². The summed E-state index contributed by atoms with van der Waals surface area (Å²) in [5.41, 5.74) is 0.996. The van der Waals surface area contributed by atoms with Crippen LogP contribution in [0.4, 0.5) is 5.13 Å². The first-order chi connectivity index (χ1) is 7.96. The first-order valence-electron chi connectivity index (χ1n) is 5.45. The third-order valence-corrected chi connectivity index (χ3v) is 4.60. The van der Waals surface area contributed by atoms with E-state index in [9.17, 15) is 8.42 Å². The van der Waals surface area contributed by atoms with Gasteiger partial charge in [0.2, 0.25) is 0 Å². The monoisotopic (exact) mass is 276 g/mol. The molecule has 2 heterocycles. The number of hydrogen-bond acceptors (Lipinski definition) is 5. The van der Waals surface area contributed by atoms with E-state index in [4.69, 9.17) is 0 Å². The third-order valence-electron chi connectivity index (χ3n) is 2.21. The standard InChI is InChI=1S/C9H16N4O2S2/c1-6(2)12-17(14,15)13-9-11-7-3-4-10-5-8(7)16-9/h6,10,12H,3-5H2,1-2H3,(H,11,13). The van der Waals surface area contributed by atoms with Crippen LogP contribution in [0.5, 0.6) is 0 Å². The van der Waals surface area contributed by atoms with Gasteiger partial charge in [-0.05, 0) is 13.8 Å². The van der Waals surface area contributed by atoms with Gasteiger partial charge < -0.3 is 5.32 Å². The van der Waals surface area contributed by atoms with Gasteiger partial charge in [-0.3, -0.25) is 0 Å². The Hall–Kier alpha value is -0.700. The molecule has 1 aromatic heterocycles. The Morgan fingerprint density at radius 2 is 2.24 bits per heavy atom. The molecular formula is C9H16N4O2S2. The highest BCUT2D eigenvalue weighted by atomic mass is 32.2. The lowest BCUT2D eigenvalue weighted by Gasteiger charge is -2.09. The lowest BCUT2D eigenvalue weighted by molar-refractivity contribution is 0.575. The van der Waals surface area contributed by atoms with E-state index in [1.807, 2.05) is 0 Å². The second kappa shape index (κ2) is 4.89. The van der Waals surface area contributed by atoms with Crippen molar-refractivity contribution in [2.24, 2.45) is 0 Å². The van der Waals surface area contributed by atoms with Crippen molar-refractivity contribution < 1.29 is 8.42 Å². The molecule has 2 rings (SSSR count). The zero-order valence-corrected chi connectivity index (χ0v) is 11.4. The van der Waals surface area contributed by atoms with E-state index in [0.29, 0.717) is 5.13 Å². The Kier molecular flexibility index (Phi) is 3.67. The number of nitrogens with one attached hydrogen (secondary N) is 3. The van der Waals surface area contributed by atoms with Crippen LogP contribution in [0.3, 0.4) is 0 Å². The van der Waals surface area contributed by atoms with Crippen molar-refractivity contribution in [2.45, 2.75) is 32.9 Å². The zero-order chi connectivity index (χ0) is 12.5. The summed E-state index contributed by atoms with van der Waals surface area (Å²) in [4.78, 5) is 5.40. The molecule has 17 heavy (non-hydrogen) atoms. The molecule has 6 nitrogen and oxygen atoms in total. The summed E-state index contributed by atoms with van der Waals surface area (Å²) in [7, 11) is -3.51. The van der Waals surface area contributed by atoms with Crippen molar-refractivity contribution in [3.63, 3.8) is 0 Å². The summed E-state index contributed by atoms with van der Waals surface area (Å²) in [6, 6.07) is -0.135. The Balaban J connectivity index is 2.11. The van der Waals surface area contributed by atoms with Gasteiger partial charge in [-0.1, -0.05) is 11.3 Å². The molecule has 0 spiro atoms. The number of rotatable bonds is 4. The summed E-state index contributed by atoms with van der Waals surface area (Å²) in [5, 5.41) is 3.66. The highest BCUT2D eigenvalue weighted by molar-refractivity contribution is 7.91. The van der Waals surface area contributed by atoms with Gasteiger partial charge in [0, 0.05) is 30.4 Å². The quantitative estimate of drug-likeness (QED) is 0.745. The van der Waals surface area contributed by atoms with Gasteiger partial charge in [0.05, 0.1) is 5.69 Å². The van der Waals surface area contributed by atoms with Crippen LogP contribution in [0.15, 0.2) is 0 Å². The number of fused-ring (bicyclic) bond motifs is 1. The van der Waals surface area contributed by atoms with Crippen molar-refractivity contribution in [1.29, 1.82) is 0 Å². The van der Waals surface area contributed by atoms with E-state index in [2.05, 4.69) is 19.7 Å². The van der Waals surface area contributed by atoms with Gasteiger partial charge >= 0.3 is 10.2 Å². The number of aromatic nitrogens is 1. The molecule has 0 saturated heterocycles. The normalized spacial score (nSPS) is 15.9. The van der Waals surface area contributed by atoms with Crippen LogP contribution in [-0.2, 0) is 23.2 Å². The average Bonchev–Trinajstić information content (AvgIpc) is 2.55. The molecule has 0 radical (unpaired) electrons. The maximum atomic E-state index is 11.7. The smallest absolute Gasteiger partial charge is 0.301 e. The maximum absolute atomic E-state index is 11.7. The fraction of sp³-hybridized carbons (Fsp3) is 0.667. The molecule has 0 fully saturated rings. The van der Waals surface area contributed by atoms with Crippen molar-refractivity contribution in [3.05, 3.63) is 10.6 Å². The topological polar surface area (TPSA) is 83.1 Å². The predicted octanol–water partition coefficient (Wildman–Crippen LogP) is 0.443. The highest BCUT2D eigenvalue weighted by Crippen LogP contribution is 2.25. The van der Waals surface area contributed by atoms with E-state index < -0.39 is 10.2 Å². The summed E-state index contributed by atoms with van der Waals surface area (Å²) in [6.45, 7) is 5.21. The lowest BCUT2D eigenvalue weighted by Crippen LogP contribution is -2.35. The second-order valence-corrected chi connectivity index (χ2v) is 6.72. The summed E-state index contributed by atoms with van der Waals surface area (Å²) in [6.07, 6.45) is 0.852. The Bertz CT molecular complexity index is 472. The van der Waals surface area contributed by atoms with Gasteiger partial charge in [0.1, 0.15) is 0 Å². The van der Waals surface area contributed by atoms with Crippen molar-refractivity contribution in [2.75, 3.05) is 11.3 Å². The fourth-order valence-corrected chi connectivity index (χ4v) is 3.90. The maximum Gasteiger partial charge on any atom is 0.301 e. The minimum Gasteiger partial charge on any atom is -0.311 e. The summed E-state index contributed by atoms with van der Waals surface area (Å²) >= 11 is 1.39. The number of hydrogen-bond donors (Lipinski definition) is 3. The van der Waals surface area contributed by atoms with E-state index in [1.54, 1.807) is 13.8 Å². The molecule has 0 aromatic carbocycles. The molecule has 96 valence electrons. The van der Waals surface area contributed by atoms with Crippen LogP contribution in [0.25, 0.3) is 0 Å². The van der Waals surface area contributed by atoms with Crippen LogP contribution in [0, 0.1) is 0 Å². The van der Waals surface area contributed by atoms with E-state index in [-0.39, 0.29) is 6.04 Å². The third kappa shape index (κ3) is 3.38. The largest absolute Gasteiger partial charge is 0.311 e. The molecule has 0 unspecified atom stereocenters. The first kappa shape index (κ1) is 12.7. The lowest BCUT2D eigenvalue weighted by atomic mass is 10.2. The van der Waals surface area contributed by atoms with Crippen molar-refractivity contribution in [3.8, 4) is 0 Å². The van der Waals surface area contributed by atoms with Gasteiger partial charge in [-0.25, -0.2) is 9.71 Å². The van der Waals surface area contributed by atoms with Crippen LogP contribution in [0.2, 0.25) is 0 Å². The van der Waals surface area contributed by atoms with Crippen LogP contribution < -0.4 is 14.8 Å². The Labute approximate surface area is 105 Å². The molecule has 1 aromatic rings. The van der Waals surface area contributed by atoms with Gasteiger partial charge in [0.15, 0.2) is 5.13 Å². The molecule has 3 N–H and O–H groups in total. The van der Waals surface area contributed by atoms with Crippen molar-refractivity contribution >= 4 is 26.7 Å². The minimum atomic E-state index is -3.51. The molecule has 1 aliphatic heterocycles. The fourth-order valence-electron chi connectivity index (χ4n) is 1.62. The van der Waals surface area contributed by atoms with Crippen LogP contribution >= 0.6 is 11.3 Å². The summed E-state index contributed by atoms with van der Waals surface area (Å²) in [5.74, 6) is 0. The molecule has 0 bridgehead atoms. The molecule has 0 aliphatic carbocycles. The van der Waals surface area contributed by atoms with Gasteiger partial charge in [0.25, 0.3) is 0 Å². The summed E-state index contributed by atoms with van der Waals surface area (Å²) < 4.78 is 28.2. The molecule has 0 atom stereocenters. The first-order valence-corrected chi connectivity index (χ1v) is 7.75. The Morgan fingerprint density at radius 3 is 2.88 bits per heavy atom. The molecule has 1 aliphatic rings. The van der Waals surface area contributed by atoms with Crippen LogP contribution in [-0.4, -0.2) is 26.0 Å². The highest BCUT2D eigenvalue weighted by Gasteiger charge is 2.18. The van der Waals surface area contributed by atoms with E-state index in [1.165, 1.54) is 11.3 Å². The Morgan fingerprint density at radius 1 is 1.47 bits per heavy atom.